The molecule has 0 aliphatic heterocycles. The maximum Gasteiger partial charge on any atom is 0.237 e. The summed E-state index contributed by atoms with van der Waals surface area (Å²) in [7, 11) is 0. The van der Waals surface area contributed by atoms with Crippen LogP contribution < -0.4 is 11.1 Å². The standard InChI is InChI=1S/C10H17N3OS/c1-6-5-12-9(15-6)10(3,4)13-8(14)7(2)11/h5,7H,11H2,1-4H3,(H,13,14). The number of amides is 1. The number of nitrogens with one attached hydrogen (secondary N) is 1. The first-order chi connectivity index (χ1) is 6.83. The molecule has 1 unspecified atom stereocenters. The summed E-state index contributed by atoms with van der Waals surface area (Å²) in [6, 6.07) is -0.495. The Balaban J connectivity index is 2.79. The molecule has 84 valence electrons. The van der Waals surface area contributed by atoms with Crippen LogP contribution in [0.15, 0.2) is 6.20 Å². The third-order valence-electron chi connectivity index (χ3n) is 2.01. The molecule has 0 bridgehead atoms. The fraction of sp³-hybridized carbons (Fsp3) is 0.600. The number of rotatable bonds is 3. The molecule has 1 heterocycles. The van der Waals surface area contributed by atoms with E-state index >= 15 is 0 Å². The third kappa shape index (κ3) is 3.00. The van der Waals surface area contributed by atoms with Crippen LogP contribution >= 0.6 is 11.3 Å². The molecule has 1 aromatic rings. The minimum Gasteiger partial charge on any atom is -0.343 e. The van der Waals surface area contributed by atoms with Gasteiger partial charge in [-0.3, -0.25) is 4.79 Å². The Bertz CT molecular complexity index is 357. The SMILES string of the molecule is Cc1cnc(C(C)(C)NC(=O)C(C)N)s1. The highest BCUT2D eigenvalue weighted by molar-refractivity contribution is 7.11. The largest absolute Gasteiger partial charge is 0.343 e. The van der Waals surface area contributed by atoms with Gasteiger partial charge in [0.25, 0.3) is 0 Å². The Labute approximate surface area is 93.9 Å². The van der Waals surface area contributed by atoms with Gasteiger partial charge in [-0.25, -0.2) is 4.98 Å². The maximum atomic E-state index is 11.5. The van der Waals surface area contributed by atoms with Crippen LogP contribution in [-0.2, 0) is 10.3 Å². The third-order valence-corrected chi connectivity index (χ3v) is 3.24. The number of aryl methyl sites for hydroxylation is 1. The first kappa shape index (κ1) is 12.1. The molecule has 4 nitrogen and oxygen atoms in total. The van der Waals surface area contributed by atoms with Crippen molar-refractivity contribution in [1.29, 1.82) is 0 Å². The molecule has 0 saturated carbocycles. The summed E-state index contributed by atoms with van der Waals surface area (Å²) < 4.78 is 0. The zero-order valence-corrected chi connectivity index (χ0v) is 10.3. The summed E-state index contributed by atoms with van der Waals surface area (Å²) >= 11 is 1.58. The highest BCUT2D eigenvalue weighted by Crippen LogP contribution is 2.24. The molecule has 1 atom stereocenters. The molecule has 0 fully saturated rings. The van der Waals surface area contributed by atoms with E-state index in [0.717, 1.165) is 9.88 Å². The molecule has 5 heteroatoms. The monoisotopic (exact) mass is 227 g/mol. The fourth-order valence-electron chi connectivity index (χ4n) is 1.12. The number of carbonyl (C=O) groups excluding carboxylic acids is 1. The molecule has 3 N–H and O–H groups in total. The quantitative estimate of drug-likeness (QED) is 0.814. The van der Waals surface area contributed by atoms with E-state index in [-0.39, 0.29) is 5.91 Å². The molecular formula is C10H17N3OS. The average Bonchev–Trinajstić information content (AvgIpc) is 2.51. The molecule has 1 amide bonds. The van der Waals surface area contributed by atoms with Crippen LogP contribution in [0, 0.1) is 6.92 Å². The first-order valence-electron chi connectivity index (χ1n) is 4.83. The summed E-state index contributed by atoms with van der Waals surface area (Å²) in [5.74, 6) is -0.159. The Morgan fingerprint density at radius 3 is 2.67 bits per heavy atom. The van der Waals surface area contributed by atoms with Crippen molar-refractivity contribution in [3.8, 4) is 0 Å². The minimum atomic E-state index is -0.495. The van der Waals surface area contributed by atoms with Crippen LogP contribution in [0.1, 0.15) is 30.7 Å². The lowest BCUT2D eigenvalue weighted by molar-refractivity contribution is -0.123. The highest BCUT2D eigenvalue weighted by Gasteiger charge is 2.26. The van der Waals surface area contributed by atoms with Gasteiger partial charge in [-0.15, -0.1) is 11.3 Å². The molecule has 0 saturated heterocycles. The number of thiazole rings is 1. The van der Waals surface area contributed by atoms with Gasteiger partial charge in [0.05, 0.1) is 11.6 Å². The average molecular weight is 227 g/mol. The molecule has 1 rings (SSSR count). The number of hydrogen-bond acceptors (Lipinski definition) is 4. The fourth-order valence-corrected chi connectivity index (χ4v) is 1.94. The number of nitrogens with zero attached hydrogens (tertiary/aromatic N) is 1. The normalized spacial score (nSPS) is 13.7. The molecule has 0 spiro atoms. The van der Waals surface area contributed by atoms with Gasteiger partial charge in [-0.2, -0.15) is 0 Å². The van der Waals surface area contributed by atoms with E-state index in [1.54, 1.807) is 24.5 Å². The van der Waals surface area contributed by atoms with Gasteiger partial charge < -0.3 is 11.1 Å². The Hall–Kier alpha value is -0.940. The molecule has 0 aliphatic carbocycles. The van der Waals surface area contributed by atoms with Gasteiger partial charge in [-0.1, -0.05) is 0 Å². The Morgan fingerprint density at radius 1 is 1.67 bits per heavy atom. The molecule has 1 aromatic heterocycles. The van der Waals surface area contributed by atoms with Crippen LogP contribution in [0.3, 0.4) is 0 Å². The second-order valence-electron chi connectivity index (χ2n) is 4.18. The minimum absolute atomic E-state index is 0.159. The smallest absolute Gasteiger partial charge is 0.237 e. The number of hydrogen-bond donors (Lipinski definition) is 2. The maximum absolute atomic E-state index is 11.5. The zero-order chi connectivity index (χ0) is 11.6. The van der Waals surface area contributed by atoms with Gasteiger partial charge in [0, 0.05) is 11.1 Å². The molecule has 0 aromatic carbocycles. The van der Waals surface area contributed by atoms with Crippen molar-refractivity contribution in [1.82, 2.24) is 10.3 Å². The second-order valence-corrected chi connectivity index (χ2v) is 5.41. The van der Waals surface area contributed by atoms with E-state index in [9.17, 15) is 4.79 Å². The van der Waals surface area contributed by atoms with Crippen LogP contribution in [0.4, 0.5) is 0 Å². The van der Waals surface area contributed by atoms with Gasteiger partial charge in [0.2, 0.25) is 5.91 Å². The van der Waals surface area contributed by atoms with E-state index in [4.69, 9.17) is 5.73 Å². The number of nitrogens with two attached hydrogens (primary N) is 1. The van der Waals surface area contributed by atoms with Crippen molar-refractivity contribution >= 4 is 17.2 Å². The van der Waals surface area contributed by atoms with Crippen molar-refractivity contribution < 1.29 is 4.79 Å². The van der Waals surface area contributed by atoms with E-state index in [2.05, 4.69) is 10.3 Å². The lowest BCUT2D eigenvalue weighted by atomic mass is 10.1. The van der Waals surface area contributed by atoms with E-state index in [1.807, 2.05) is 20.8 Å². The molecule has 0 radical (unpaired) electrons. The van der Waals surface area contributed by atoms with E-state index in [1.165, 1.54) is 0 Å². The van der Waals surface area contributed by atoms with Crippen molar-refractivity contribution in [2.45, 2.75) is 39.3 Å². The van der Waals surface area contributed by atoms with Crippen molar-refractivity contribution in [3.05, 3.63) is 16.1 Å². The summed E-state index contributed by atoms with van der Waals surface area (Å²) in [4.78, 5) is 16.9. The summed E-state index contributed by atoms with van der Waals surface area (Å²) in [6.45, 7) is 7.50. The summed E-state index contributed by atoms with van der Waals surface area (Å²) in [6.07, 6.45) is 1.81. The number of carbonyl (C=O) groups is 1. The van der Waals surface area contributed by atoms with Crippen LogP contribution in [0.5, 0.6) is 0 Å². The van der Waals surface area contributed by atoms with Crippen LogP contribution in [-0.4, -0.2) is 16.9 Å². The van der Waals surface area contributed by atoms with Gasteiger partial charge in [0.1, 0.15) is 5.01 Å². The Kier molecular flexibility index (Phi) is 3.46. The summed E-state index contributed by atoms with van der Waals surface area (Å²) in [5.41, 5.74) is 5.04. The van der Waals surface area contributed by atoms with E-state index < -0.39 is 11.6 Å². The Morgan fingerprint density at radius 2 is 2.27 bits per heavy atom. The van der Waals surface area contributed by atoms with Crippen molar-refractivity contribution in [3.63, 3.8) is 0 Å². The first-order valence-corrected chi connectivity index (χ1v) is 5.65. The van der Waals surface area contributed by atoms with Crippen molar-refractivity contribution in [2.24, 2.45) is 5.73 Å². The van der Waals surface area contributed by atoms with Gasteiger partial charge in [0.15, 0.2) is 0 Å². The molecule has 0 aliphatic rings. The molecule has 15 heavy (non-hydrogen) atoms. The highest BCUT2D eigenvalue weighted by atomic mass is 32.1. The lowest BCUT2D eigenvalue weighted by Gasteiger charge is -2.24. The van der Waals surface area contributed by atoms with E-state index in [0.29, 0.717) is 0 Å². The second kappa shape index (κ2) is 4.28. The van der Waals surface area contributed by atoms with Crippen molar-refractivity contribution in [2.75, 3.05) is 0 Å². The van der Waals surface area contributed by atoms with Crippen LogP contribution in [0.25, 0.3) is 0 Å². The topological polar surface area (TPSA) is 68.0 Å². The van der Waals surface area contributed by atoms with Crippen LogP contribution in [0.2, 0.25) is 0 Å². The zero-order valence-electron chi connectivity index (χ0n) is 9.50. The van der Waals surface area contributed by atoms with Gasteiger partial charge >= 0.3 is 0 Å². The number of aromatic nitrogens is 1. The molecular weight excluding hydrogens is 210 g/mol. The van der Waals surface area contributed by atoms with Gasteiger partial charge in [-0.05, 0) is 27.7 Å². The predicted molar refractivity (Wildman–Crippen MR) is 61.7 cm³/mol. The summed E-state index contributed by atoms with van der Waals surface area (Å²) in [5, 5.41) is 3.77. The predicted octanol–water partition coefficient (Wildman–Crippen LogP) is 1.15. The lowest BCUT2D eigenvalue weighted by Crippen LogP contribution is -2.47.